The van der Waals surface area contributed by atoms with Crippen LogP contribution >= 0.6 is 0 Å². The van der Waals surface area contributed by atoms with Crippen molar-refractivity contribution in [1.82, 2.24) is 9.78 Å². The molecule has 94 valence electrons. The lowest BCUT2D eigenvalue weighted by atomic mass is 10.1. The van der Waals surface area contributed by atoms with Crippen molar-refractivity contribution in [1.29, 1.82) is 0 Å². The van der Waals surface area contributed by atoms with Crippen LogP contribution in [-0.2, 0) is 0 Å². The molecule has 0 aliphatic rings. The van der Waals surface area contributed by atoms with Crippen molar-refractivity contribution in [2.24, 2.45) is 5.73 Å². The van der Waals surface area contributed by atoms with E-state index in [0.717, 1.165) is 6.07 Å². The fourth-order valence-electron chi connectivity index (χ4n) is 1.82. The highest BCUT2D eigenvalue weighted by Gasteiger charge is 2.13. The Morgan fingerprint density at radius 3 is 2.67 bits per heavy atom. The molecule has 0 radical (unpaired) electrons. The van der Waals surface area contributed by atoms with Gasteiger partial charge in [0.15, 0.2) is 0 Å². The minimum Gasteiger partial charge on any atom is -0.366 e. The van der Waals surface area contributed by atoms with Gasteiger partial charge in [0.25, 0.3) is 0 Å². The highest BCUT2D eigenvalue weighted by molar-refractivity contribution is 5.93. The molecule has 5 heteroatoms. The van der Waals surface area contributed by atoms with Crippen molar-refractivity contribution in [3.8, 4) is 11.3 Å². The number of carbonyl (C=O) groups is 1. The van der Waals surface area contributed by atoms with E-state index in [1.54, 1.807) is 23.0 Å². The number of halogens is 1. The number of hydrogen-bond acceptors (Lipinski definition) is 2. The second kappa shape index (κ2) is 4.60. The number of primary amides is 1. The first-order chi connectivity index (χ1) is 8.50. The van der Waals surface area contributed by atoms with Crippen molar-refractivity contribution < 1.29 is 9.18 Å². The van der Waals surface area contributed by atoms with Gasteiger partial charge in [0.2, 0.25) is 5.91 Å². The van der Waals surface area contributed by atoms with Gasteiger partial charge in [-0.25, -0.2) is 4.39 Å². The Bertz CT molecular complexity index is 590. The molecule has 2 N–H and O–H groups in total. The summed E-state index contributed by atoms with van der Waals surface area (Å²) in [5, 5.41) is 4.15. The van der Waals surface area contributed by atoms with E-state index in [1.807, 2.05) is 13.8 Å². The first-order valence-electron chi connectivity index (χ1n) is 5.64. The highest BCUT2D eigenvalue weighted by Crippen LogP contribution is 2.25. The Morgan fingerprint density at radius 1 is 1.39 bits per heavy atom. The van der Waals surface area contributed by atoms with Crippen molar-refractivity contribution in [3.63, 3.8) is 0 Å². The molecule has 1 aromatic carbocycles. The quantitative estimate of drug-likeness (QED) is 0.905. The molecule has 4 nitrogen and oxygen atoms in total. The third-order valence-electron chi connectivity index (χ3n) is 2.69. The van der Waals surface area contributed by atoms with Crippen LogP contribution in [0.2, 0.25) is 0 Å². The van der Waals surface area contributed by atoms with E-state index in [0.29, 0.717) is 11.3 Å². The summed E-state index contributed by atoms with van der Waals surface area (Å²) in [5.74, 6) is -1.12. The average molecular weight is 247 g/mol. The first-order valence-corrected chi connectivity index (χ1v) is 5.64. The van der Waals surface area contributed by atoms with E-state index in [1.165, 1.54) is 6.07 Å². The number of amides is 1. The van der Waals surface area contributed by atoms with Crippen molar-refractivity contribution in [2.45, 2.75) is 19.9 Å². The normalized spacial score (nSPS) is 10.9. The van der Waals surface area contributed by atoms with Gasteiger partial charge >= 0.3 is 0 Å². The molecular formula is C13H14FN3O. The summed E-state index contributed by atoms with van der Waals surface area (Å²) in [6.45, 7) is 3.93. The minimum atomic E-state index is -0.641. The van der Waals surface area contributed by atoms with Crippen LogP contribution in [-0.4, -0.2) is 15.7 Å². The van der Waals surface area contributed by atoms with E-state index < -0.39 is 11.7 Å². The van der Waals surface area contributed by atoms with Crippen LogP contribution in [0, 0.1) is 5.82 Å². The average Bonchev–Trinajstić information content (AvgIpc) is 2.77. The lowest BCUT2D eigenvalue weighted by Gasteiger charge is -2.11. The minimum absolute atomic E-state index is 0.130. The molecule has 0 fully saturated rings. The maximum Gasteiger partial charge on any atom is 0.248 e. The zero-order chi connectivity index (χ0) is 13.3. The van der Waals surface area contributed by atoms with Gasteiger partial charge < -0.3 is 5.73 Å². The van der Waals surface area contributed by atoms with Gasteiger partial charge in [-0.05, 0) is 38.1 Å². The van der Waals surface area contributed by atoms with Crippen LogP contribution < -0.4 is 5.73 Å². The topological polar surface area (TPSA) is 60.9 Å². The van der Waals surface area contributed by atoms with E-state index in [-0.39, 0.29) is 11.6 Å². The Kier molecular flexibility index (Phi) is 3.14. The van der Waals surface area contributed by atoms with E-state index >= 15 is 0 Å². The number of benzene rings is 1. The number of nitrogens with two attached hydrogens (primary N) is 1. The Labute approximate surface area is 104 Å². The van der Waals surface area contributed by atoms with Gasteiger partial charge in [0, 0.05) is 23.4 Å². The maximum atomic E-state index is 14.0. The zero-order valence-corrected chi connectivity index (χ0v) is 10.2. The third kappa shape index (κ3) is 2.11. The summed E-state index contributed by atoms with van der Waals surface area (Å²) >= 11 is 0. The molecule has 1 aromatic heterocycles. The maximum absolute atomic E-state index is 14.0. The number of hydrogen-bond donors (Lipinski definition) is 1. The Balaban J connectivity index is 2.51. The zero-order valence-electron chi connectivity index (χ0n) is 10.2. The van der Waals surface area contributed by atoms with Gasteiger partial charge in [-0.2, -0.15) is 5.10 Å². The molecule has 1 amide bonds. The summed E-state index contributed by atoms with van der Waals surface area (Å²) in [6.07, 6.45) is 1.62. The third-order valence-corrected chi connectivity index (χ3v) is 2.69. The second-order valence-electron chi connectivity index (χ2n) is 4.31. The molecule has 0 atom stereocenters. The van der Waals surface area contributed by atoms with E-state index in [2.05, 4.69) is 5.10 Å². The molecule has 2 rings (SSSR count). The molecule has 2 aromatic rings. The summed E-state index contributed by atoms with van der Waals surface area (Å²) in [4.78, 5) is 11.0. The molecule has 0 unspecified atom stereocenters. The van der Waals surface area contributed by atoms with Crippen LogP contribution in [0.3, 0.4) is 0 Å². The van der Waals surface area contributed by atoms with Crippen LogP contribution in [0.25, 0.3) is 11.3 Å². The van der Waals surface area contributed by atoms with E-state index in [4.69, 9.17) is 5.73 Å². The predicted octanol–water partition coefficient (Wildman–Crippen LogP) is 2.37. The van der Waals surface area contributed by atoms with Crippen LogP contribution in [0.1, 0.15) is 30.2 Å². The van der Waals surface area contributed by atoms with Gasteiger partial charge in [-0.15, -0.1) is 0 Å². The van der Waals surface area contributed by atoms with Crippen LogP contribution in [0.4, 0.5) is 4.39 Å². The second-order valence-corrected chi connectivity index (χ2v) is 4.31. The molecule has 0 aliphatic carbocycles. The SMILES string of the molecule is CC(C)n1nccc1-c1ccc(C(N)=O)cc1F. The van der Waals surface area contributed by atoms with Crippen LogP contribution in [0.5, 0.6) is 0 Å². The fourth-order valence-corrected chi connectivity index (χ4v) is 1.82. The monoisotopic (exact) mass is 247 g/mol. The molecular weight excluding hydrogens is 233 g/mol. The van der Waals surface area contributed by atoms with E-state index in [9.17, 15) is 9.18 Å². The fraction of sp³-hybridized carbons (Fsp3) is 0.231. The van der Waals surface area contributed by atoms with Gasteiger partial charge in [-0.1, -0.05) is 0 Å². The summed E-state index contributed by atoms with van der Waals surface area (Å²) in [6, 6.07) is 6.08. The summed E-state index contributed by atoms with van der Waals surface area (Å²) < 4.78 is 15.7. The molecule has 0 saturated carbocycles. The number of aromatic nitrogens is 2. The molecule has 0 saturated heterocycles. The molecule has 18 heavy (non-hydrogen) atoms. The Hall–Kier alpha value is -2.17. The Morgan fingerprint density at radius 2 is 2.11 bits per heavy atom. The number of carbonyl (C=O) groups excluding carboxylic acids is 1. The van der Waals surface area contributed by atoms with Gasteiger partial charge in [-0.3, -0.25) is 9.48 Å². The summed E-state index contributed by atoms with van der Waals surface area (Å²) in [7, 11) is 0. The standard InChI is InChI=1S/C13H14FN3O/c1-8(2)17-12(5-6-16-17)10-4-3-9(13(15)18)7-11(10)14/h3-8H,1-2H3,(H2,15,18). The van der Waals surface area contributed by atoms with Crippen molar-refractivity contribution in [3.05, 3.63) is 41.8 Å². The van der Waals surface area contributed by atoms with Crippen molar-refractivity contribution >= 4 is 5.91 Å². The lowest BCUT2D eigenvalue weighted by Crippen LogP contribution is -2.11. The smallest absolute Gasteiger partial charge is 0.248 e. The summed E-state index contributed by atoms with van der Waals surface area (Å²) in [5.41, 5.74) is 6.35. The van der Waals surface area contributed by atoms with Crippen LogP contribution in [0.15, 0.2) is 30.5 Å². The van der Waals surface area contributed by atoms with Gasteiger partial charge in [0.05, 0.1) is 5.69 Å². The predicted molar refractivity (Wildman–Crippen MR) is 66.5 cm³/mol. The number of nitrogens with zero attached hydrogens (tertiary/aromatic N) is 2. The molecule has 0 aliphatic heterocycles. The molecule has 0 spiro atoms. The van der Waals surface area contributed by atoms with Gasteiger partial charge in [0.1, 0.15) is 5.82 Å². The van der Waals surface area contributed by atoms with Crippen molar-refractivity contribution in [2.75, 3.05) is 0 Å². The largest absolute Gasteiger partial charge is 0.366 e. The molecule has 1 heterocycles. The number of rotatable bonds is 3. The highest BCUT2D eigenvalue weighted by atomic mass is 19.1. The lowest BCUT2D eigenvalue weighted by molar-refractivity contribution is 0.1000. The molecule has 0 bridgehead atoms. The first kappa shape index (κ1) is 12.3.